The number of anilines is 1. The van der Waals surface area contributed by atoms with Gasteiger partial charge in [0.05, 0.1) is 6.61 Å². The largest absolute Gasteiger partial charge is 0.457 e. The molecule has 0 aliphatic rings. The maximum absolute atomic E-state index is 12.9. The van der Waals surface area contributed by atoms with Gasteiger partial charge in [0.2, 0.25) is 0 Å². The van der Waals surface area contributed by atoms with Crippen LogP contribution in [0.1, 0.15) is 12.5 Å². The van der Waals surface area contributed by atoms with Gasteiger partial charge in [0.25, 0.3) is 5.91 Å². The Balaban J connectivity index is 1.51. The molecule has 1 unspecified atom stereocenters. The van der Waals surface area contributed by atoms with E-state index in [-0.39, 0.29) is 11.7 Å². The lowest BCUT2D eigenvalue weighted by Gasteiger charge is -2.14. The summed E-state index contributed by atoms with van der Waals surface area (Å²) in [7, 11) is 0. The molecule has 0 spiro atoms. The third-order valence-corrected chi connectivity index (χ3v) is 3.88. The fraction of sp³-hybridized carbons (Fsp3) is 0.136. The minimum atomic E-state index is -0.583. The topological polar surface area (TPSA) is 47.6 Å². The van der Waals surface area contributed by atoms with Crippen molar-refractivity contribution >= 4 is 11.6 Å². The van der Waals surface area contributed by atoms with Crippen LogP contribution in [0.15, 0.2) is 78.9 Å². The van der Waals surface area contributed by atoms with Crippen LogP contribution in [0.4, 0.5) is 10.1 Å². The van der Waals surface area contributed by atoms with Crippen molar-refractivity contribution in [2.24, 2.45) is 0 Å². The summed E-state index contributed by atoms with van der Waals surface area (Å²) >= 11 is 0. The molecule has 0 aliphatic carbocycles. The first-order valence-corrected chi connectivity index (χ1v) is 8.60. The fourth-order valence-electron chi connectivity index (χ4n) is 2.36. The second-order valence-corrected chi connectivity index (χ2v) is 6.01. The molecule has 0 aromatic heterocycles. The SMILES string of the molecule is CC(OCc1ccccc1)C(=O)Nc1ccc(Oc2ccc(F)cc2)cc1. The van der Waals surface area contributed by atoms with Gasteiger partial charge in [-0.25, -0.2) is 4.39 Å². The molecule has 0 radical (unpaired) electrons. The molecule has 27 heavy (non-hydrogen) atoms. The minimum Gasteiger partial charge on any atom is -0.457 e. The lowest BCUT2D eigenvalue weighted by atomic mass is 10.2. The fourth-order valence-corrected chi connectivity index (χ4v) is 2.36. The first-order chi connectivity index (χ1) is 13.1. The first kappa shape index (κ1) is 18.6. The number of carbonyl (C=O) groups excluding carboxylic acids is 1. The zero-order chi connectivity index (χ0) is 19.1. The molecule has 3 aromatic carbocycles. The molecule has 1 amide bonds. The zero-order valence-electron chi connectivity index (χ0n) is 14.9. The van der Waals surface area contributed by atoms with Crippen molar-refractivity contribution in [3.63, 3.8) is 0 Å². The number of rotatable bonds is 7. The Labute approximate surface area is 157 Å². The standard InChI is InChI=1S/C22H20FNO3/c1-16(26-15-17-5-3-2-4-6-17)22(25)24-19-9-13-21(14-10-19)27-20-11-7-18(23)8-12-20/h2-14,16H,15H2,1H3,(H,24,25). The van der Waals surface area contributed by atoms with Crippen LogP contribution in [0, 0.1) is 5.82 Å². The van der Waals surface area contributed by atoms with E-state index in [1.165, 1.54) is 12.1 Å². The summed E-state index contributed by atoms with van der Waals surface area (Å²) < 4.78 is 24.1. The van der Waals surface area contributed by atoms with Crippen LogP contribution in [-0.2, 0) is 16.1 Å². The third kappa shape index (κ3) is 5.66. The van der Waals surface area contributed by atoms with Crippen LogP contribution in [0.3, 0.4) is 0 Å². The van der Waals surface area contributed by atoms with E-state index in [1.54, 1.807) is 43.3 Å². The molecule has 3 aromatic rings. The van der Waals surface area contributed by atoms with Crippen LogP contribution in [0.25, 0.3) is 0 Å². The lowest BCUT2D eigenvalue weighted by Crippen LogP contribution is -2.27. The molecule has 4 nitrogen and oxygen atoms in total. The summed E-state index contributed by atoms with van der Waals surface area (Å²) in [5.41, 5.74) is 1.65. The minimum absolute atomic E-state index is 0.224. The Morgan fingerprint density at radius 1 is 0.926 bits per heavy atom. The maximum atomic E-state index is 12.9. The van der Waals surface area contributed by atoms with Crippen LogP contribution >= 0.6 is 0 Å². The van der Waals surface area contributed by atoms with Crippen molar-refractivity contribution in [2.75, 3.05) is 5.32 Å². The van der Waals surface area contributed by atoms with Gasteiger partial charge in [0.15, 0.2) is 0 Å². The van der Waals surface area contributed by atoms with E-state index in [2.05, 4.69) is 5.32 Å². The number of hydrogen-bond donors (Lipinski definition) is 1. The normalized spacial score (nSPS) is 11.6. The highest BCUT2D eigenvalue weighted by molar-refractivity contribution is 5.93. The quantitative estimate of drug-likeness (QED) is 0.629. The molecule has 0 bridgehead atoms. The van der Waals surface area contributed by atoms with Gasteiger partial charge in [-0.3, -0.25) is 4.79 Å². The van der Waals surface area contributed by atoms with E-state index in [1.807, 2.05) is 30.3 Å². The molecular weight excluding hydrogens is 345 g/mol. The van der Waals surface area contributed by atoms with Gasteiger partial charge in [-0.05, 0) is 61.0 Å². The molecule has 1 N–H and O–H groups in total. The summed E-state index contributed by atoms with van der Waals surface area (Å²) in [6.07, 6.45) is -0.583. The Bertz CT molecular complexity index is 864. The predicted octanol–water partition coefficient (Wildman–Crippen LogP) is 5.16. The van der Waals surface area contributed by atoms with Crippen molar-refractivity contribution in [2.45, 2.75) is 19.6 Å². The Morgan fingerprint density at radius 2 is 1.52 bits per heavy atom. The average molecular weight is 365 g/mol. The first-order valence-electron chi connectivity index (χ1n) is 8.60. The van der Waals surface area contributed by atoms with E-state index < -0.39 is 6.10 Å². The van der Waals surface area contributed by atoms with Gasteiger partial charge >= 0.3 is 0 Å². The van der Waals surface area contributed by atoms with Gasteiger partial charge in [-0.15, -0.1) is 0 Å². The molecule has 0 aliphatic heterocycles. The average Bonchev–Trinajstić information content (AvgIpc) is 2.70. The van der Waals surface area contributed by atoms with Crippen molar-refractivity contribution in [1.82, 2.24) is 0 Å². The van der Waals surface area contributed by atoms with Gasteiger partial charge in [-0.1, -0.05) is 30.3 Å². The van der Waals surface area contributed by atoms with E-state index in [0.717, 1.165) is 5.56 Å². The molecule has 3 rings (SSSR count). The number of ether oxygens (including phenoxy) is 2. The molecule has 0 heterocycles. The number of halogens is 1. The zero-order valence-corrected chi connectivity index (χ0v) is 14.9. The summed E-state index contributed by atoms with van der Waals surface area (Å²) in [5.74, 6) is 0.589. The van der Waals surface area contributed by atoms with Gasteiger partial charge in [-0.2, -0.15) is 0 Å². The molecule has 138 valence electrons. The third-order valence-electron chi connectivity index (χ3n) is 3.88. The van der Waals surface area contributed by atoms with Crippen molar-refractivity contribution in [1.29, 1.82) is 0 Å². The Hall–Kier alpha value is -3.18. The lowest BCUT2D eigenvalue weighted by molar-refractivity contribution is -0.127. The van der Waals surface area contributed by atoms with Crippen LogP contribution in [-0.4, -0.2) is 12.0 Å². The molecule has 0 saturated heterocycles. The second-order valence-electron chi connectivity index (χ2n) is 6.01. The van der Waals surface area contributed by atoms with Gasteiger partial charge in [0, 0.05) is 5.69 Å². The summed E-state index contributed by atoms with van der Waals surface area (Å²) in [5, 5.41) is 2.81. The predicted molar refractivity (Wildman–Crippen MR) is 102 cm³/mol. The number of nitrogens with one attached hydrogen (secondary N) is 1. The molecular formula is C22H20FNO3. The highest BCUT2D eigenvalue weighted by Gasteiger charge is 2.13. The summed E-state index contributed by atoms with van der Waals surface area (Å²) in [6, 6.07) is 22.4. The highest BCUT2D eigenvalue weighted by atomic mass is 19.1. The number of benzene rings is 3. The van der Waals surface area contributed by atoms with Gasteiger partial charge < -0.3 is 14.8 Å². The van der Waals surface area contributed by atoms with E-state index in [9.17, 15) is 9.18 Å². The van der Waals surface area contributed by atoms with Crippen molar-refractivity contribution in [3.8, 4) is 11.5 Å². The molecule has 5 heteroatoms. The Kier molecular flexibility index (Phi) is 6.18. The van der Waals surface area contributed by atoms with Crippen LogP contribution in [0.5, 0.6) is 11.5 Å². The summed E-state index contributed by atoms with van der Waals surface area (Å²) in [4.78, 5) is 12.2. The maximum Gasteiger partial charge on any atom is 0.253 e. The van der Waals surface area contributed by atoms with Crippen LogP contribution in [0.2, 0.25) is 0 Å². The molecule has 0 saturated carbocycles. The number of amides is 1. The number of carbonyl (C=O) groups is 1. The van der Waals surface area contributed by atoms with Crippen LogP contribution < -0.4 is 10.1 Å². The van der Waals surface area contributed by atoms with Gasteiger partial charge in [0.1, 0.15) is 23.4 Å². The molecule has 1 atom stereocenters. The van der Waals surface area contributed by atoms with Crippen molar-refractivity contribution in [3.05, 3.63) is 90.2 Å². The van der Waals surface area contributed by atoms with E-state index >= 15 is 0 Å². The number of hydrogen-bond acceptors (Lipinski definition) is 3. The monoisotopic (exact) mass is 365 g/mol. The van der Waals surface area contributed by atoms with Crippen molar-refractivity contribution < 1.29 is 18.7 Å². The highest BCUT2D eigenvalue weighted by Crippen LogP contribution is 2.23. The van der Waals surface area contributed by atoms with E-state index in [0.29, 0.717) is 23.8 Å². The second kappa shape index (κ2) is 8.96. The summed E-state index contributed by atoms with van der Waals surface area (Å²) in [6.45, 7) is 2.09. The smallest absolute Gasteiger partial charge is 0.253 e. The molecule has 0 fully saturated rings. The van der Waals surface area contributed by atoms with E-state index in [4.69, 9.17) is 9.47 Å². The Morgan fingerprint density at radius 3 is 2.15 bits per heavy atom.